The van der Waals surface area contributed by atoms with Gasteiger partial charge in [0, 0.05) is 11.4 Å². The monoisotopic (exact) mass is 322 g/mol. The van der Waals surface area contributed by atoms with Crippen molar-refractivity contribution in [3.05, 3.63) is 14.7 Å². The lowest BCUT2D eigenvalue weighted by atomic mass is 10.2. The first kappa shape index (κ1) is 13.6. The van der Waals surface area contributed by atoms with E-state index in [-0.39, 0.29) is 17.4 Å². The van der Waals surface area contributed by atoms with Gasteiger partial charge in [0.05, 0.1) is 20.7 Å². The second kappa shape index (κ2) is 5.27. The second-order valence-corrected chi connectivity index (χ2v) is 7.72. The summed E-state index contributed by atoms with van der Waals surface area (Å²) in [7, 11) is -3.50. The van der Waals surface area contributed by atoms with Crippen molar-refractivity contribution < 1.29 is 8.42 Å². The Hall–Kier alpha value is -0.420. The summed E-state index contributed by atoms with van der Waals surface area (Å²) in [5.41, 5.74) is 0. The molecule has 0 aromatic carbocycles. The summed E-state index contributed by atoms with van der Waals surface area (Å²) in [5.74, 6) is -0.336. The van der Waals surface area contributed by atoms with Gasteiger partial charge in [-0.15, -0.1) is 11.3 Å². The predicted octanol–water partition coefficient (Wildman–Crippen LogP) is 2.26. The van der Waals surface area contributed by atoms with Gasteiger partial charge in [-0.2, -0.15) is 5.26 Å². The Kier molecular flexibility index (Phi) is 4.50. The highest BCUT2D eigenvalue weighted by atomic mass is 79.9. The molecule has 0 saturated heterocycles. The molecule has 0 aliphatic heterocycles. The molecular formula is C9H11BrN2O2S2. The van der Waals surface area contributed by atoms with Crippen molar-refractivity contribution >= 4 is 37.3 Å². The Morgan fingerprint density at radius 3 is 2.75 bits per heavy atom. The molecule has 0 amide bonds. The SMILES string of the molecule is Cc1sc(Br)cc1S(=O)(=O)NCC(C)C#N. The minimum absolute atomic E-state index is 0.131. The van der Waals surface area contributed by atoms with E-state index in [1.54, 1.807) is 19.9 Å². The zero-order valence-electron chi connectivity index (χ0n) is 8.82. The molecule has 1 N–H and O–H groups in total. The summed E-state index contributed by atoms with van der Waals surface area (Å²) < 4.78 is 26.9. The van der Waals surface area contributed by atoms with Crippen LogP contribution in [0, 0.1) is 24.2 Å². The van der Waals surface area contributed by atoms with Gasteiger partial charge in [0.25, 0.3) is 0 Å². The first-order valence-corrected chi connectivity index (χ1v) is 7.61. The van der Waals surface area contributed by atoms with Gasteiger partial charge in [0.2, 0.25) is 10.0 Å². The lowest BCUT2D eigenvalue weighted by Gasteiger charge is -2.06. The highest BCUT2D eigenvalue weighted by Gasteiger charge is 2.19. The number of thiophene rings is 1. The summed E-state index contributed by atoms with van der Waals surface area (Å²) in [5, 5.41) is 8.57. The number of aryl methyl sites for hydroxylation is 1. The van der Waals surface area contributed by atoms with E-state index in [4.69, 9.17) is 5.26 Å². The molecule has 0 aliphatic carbocycles. The van der Waals surface area contributed by atoms with Crippen molar-refractivity contribution in [1.29, 1.82) is 5.26 Å². The van der Waals surface area contributed by atoms with Crippen LogP contribution in [0.2, 0.25) is 0 Å². The van der Waals surface area contributed by atoms with E-state index in [9.17, 15) is 8.42 Å². The van der Waals surface area contributed by atoms with E-state index in [2.05, 4.69) is 20.7 Å². The lowest BCUT2D eigenvalue weighted by Crippen LogP contribution is -2.28. The molecule has 1 aromatic heterocycles. The number of sulfonamides is 1. The van der Waals surface area contributed by atoms with Gasteiger partial charge in [-0.3, -0.25) is 0 Å². The summed E-state index contributed by atoms with van der Waals surface area (Å²) >= 11 is 4.61. The Bertz CT molecular complexity index is 516. The zero-order valence-corrected chi connectivity index (χ0v) is 12.0. The van der Waals surface area contributed by atoms with Crippen LogP contribution in [-0.4, -0.2) is 15.0 Å². The average molecular weight is 323 g/mol. The number of nitriles is 1. The Morgan fingerprint density at radius 1 is 1.69 bits per heavy atom. The van der Waals surface area contributed by atoms with E-state index < -0.39 is 10.0 Å². The molecule has 4 nitrogen and oxygen atoms in total. The van der Waals surface area contributed by atoms with Crippen molar-refractivity contribution in [3.63, 3.8) is 0 Å². The molecule has 0 radical (unpaired) electrons. The van der Waals surface area contributed by atoms with E-state index in [1.165, 1.54) is 11.3 Å². The Morgan fingerprint density at radius 2 is 2.31 bits per heavy atom. The molecule has 0 saturated carbocycles. The van der Waals surface area contributed by atoms with Gasteiger partial charge in [0.1, 0.15) is 0 Å². The molecule has 0 fully saturated rings. The topological polar surface area (TPSA) is 70.0 Å². The van der Waals surface area contributed by atoms with E-state index in [0.29, 0.717) is 0 Å². The van der Waals surface area contributed by atoms with Crippen molar-refractivity contribution in [1.82, 2.24) is 4.72 Å². The van der Waals surface area contributed by atoms with Gasteiger partial charge < -0.3 is 0 Å². The fourth-order valence-corrected chi connectivity index (χ4v) is 4.60. The smallest absolute Gasteiger partial charge is 0.210 e. The number of rotatable bonds is 4. The van der Waals surface area contributed by atoms with Crippen molar-refractivity contribution in [3.8, 4) is 6.07 Å². The third-order valence-corrected chi connectivity index (χ3v) is 5.16. The van der Waals surface area contributed by atoms with Crippen LogP contribution in [0.5, 0.6) is 0 Å². The van der Waals surface area contributed by atoms with Crippen LogP contribution in [0.4, 0.5) is 0 Å². The largest absolute Gasteiger partial charge is 0.241 e. The van der Waals surface area contributed by atoms with E-state index >= 15 is 0 Å². The fraction of sp³-hybridized carbons (Fsp3) is 0.444. The van der Waals surface area contributed by atoms with Gasteiger partial charge in [-0.1, -0.05) is 0 Å². The summed E-state index contributed by atoms with van der Waals surface area (Å²) in [6, 6.07) is 3.54. The van der Waals surface area contributed by atoms with Crippen LogP contribution in [0.15, 0.2) is 14.7 Å². The molecule has 16 heavy (non-hydrogen) atoms. The first-order chi connectivity index (χ1) is 7.36. The van der Waals surface area contributed by atoms with Crippen LogP contribution < -0.4 is 4.72 Å². The van der Waals surface area contributed by atoms with Crippen molar-refractivity contribution in [2.75, 3.05) is 6.54 Å². The van der Waals surface area contributed by atoms with Crippen LogP contribution in [0.3, 0.4) is 0 Å². The molecule has 1 aromatic rings. The maximum atomic E-state index is 11.9. The van der Waals surface area contributed by atoms with Gasteiger partial charge in [-0.25, -0.2) is 13.1 Å². The van der Waals surface area contributed by atoms with Crippen LogP contribution in [0.1, 0.15) is 11.8 Å². The average Bonchev–Trinajstić information content (AvgIpc) is 2.55. The number of halogens is 1. The first-order valence-electron chi connectivity index (χ1n) is 4.52. The van der Waals surface area contributed by atoms with Crippen molar-refractivity contribution in [2.45, 2.75) is 18.7 Å². The summed E-state index contributed by atoms with van der Waals surface area (Å²) in [6.45, 7) is 3.54. The number of nitrogens with one attached hydrogen (secondary N) is 1. The second-order valence-electron chi connectivity index (χ2n) is 3.35. The molecule has 1 atom stereocenters. The van der Waals surface area contributed by atoms with Gasteiger partial charge in [-0.05, 0) is 35.8 Å². The van der Waals surface area contributed by atoms with Gasteiger partial charge >= 0.3 is 0 Å². The molecule has 0 spiro atoms. The summed E-state index contributed by atoms with van der Waals surface area (Å²) in [6.07, 6.45) is 0. The maximum Gasteiger partial charge on any atom is 0.241 e. The molecule has 1 heterocycles. The van der Waals surface area contributed by atoms with Crippen LogP contribution in [0.25, 0.3) is 0 Å². The lowest BCUT2D eigenvalue weighted by molar-refractivity contribution is 0.572. The molecule has 7 heteroatoms. The number of hydrogen-bond donors (Lipinski definition) is 1. The van der Waals surface area contributed by atoms with Crippen molar-refractivity contribution in [2.24, 2.45) is 5.92 Å². The molecule has 1 unspecified atom stereocenters. The highest BCUT2D eigenvalue weighted by Crippen LogP contribution is 2.29. The molecule has 88 valence electrons. The maximum absolute atomic E-state index is 11.9. The predicted molar refractivity (Wildman–Crippen MR) is 66.7 cm³/mol. The summed E-state index contributed by atoms with van der Waals surface area (Å²) in [4.78, 5) is 0.999. The standard InChI is InChI=1S/C9H11BrN2O2S2/c1-6(4-11)5-12-16(13,14)8-3-9(10)15-7(8)2/h3,6,12H,5H2,1-2H3. The molecular weight excluding hydrogens is 312 g/mol. The Balaban J connectivity index is 2.87. The number of nitrogens with zero attached hydrogens (tertiary/aromatic N) is 1. The van der Waals surface area contributed by atoms with E-state index in [0.717, 1.165) is 8.66 Å². The molecule has 0 aliphatic rings. The zero-order chi connectivity index (χ0) is 12.3. The van der Waals surface area contributed by atoms with Crippen LogP contribution in [-0.2, 0) is 10.0 Å². The minimum Gasteiger partial charge on any atom is -0.210 e. The number of hydrogen-bond acceptors (Lipinski definition) is 4. The van der Waals surface area contributed by atoms with Crippen LogP contribution >= 0.6 is 27.3 Å². The minimum atomic E-state index is -3.50. The third kappa shape index (κ3) is 3.28. The third-order valence-electron chi connectivity index (χ3n) is 1.93. The quantitative estimate of drug-likeness (QED) is 0.924. The molecule has 1 rings (SSSR count). The highest BCUT2D eigenvalue weighted by molar-refractivity contribution is 9.11. The molecule has 0 bridgehead atoms. The Labute approximate surface area is 107 Å². The fourth-order valence-electron chi connectivity index (χ4n) is 1.06. The normalized spacial score (nSPS) is 13.4. The van der Waals surface area contributed by atoms with Gasteiger partial charge in [0.15, 0.2) is 0 Å². The van der Waals surface area contributed by atoms with E-state index in [1.807, 2.05) is 6.07 Å².